The lowest BCUT2D eigenvalue weighted by Gasteiger charge is -2.19. The van der Waals surface area contributed by atoms with Crippen LogP contribution in [0.3, 0.4) is 0 Å². The van der Waals surface area contributed by atoms with E-state index >= 15 is 0 Å². The topological polar surface area (TPSA) is 96.2 Å². The molecule has 114 valence electrons. The first-order valence-corrected chi connectivity index (χ1v) is 7.08. The molecule has 2 rings (SSSR count). The van der Waals surface area contributed by atoms with Gasteiger partial charge in [0.15, 0.2) is 0 Å². The fourth-order valence-electron chi connectivity index (χ4n) is 1.73. The minimum atomic E-state index is -0.463. The number of urea groups is 1. The molecule has 1 aromatic rings. The highest BCUT2D eigenvalue weighted by molar-refractivity contribution is 5.97. The number of carbonyl (C=O) groups is 2. The molecule has 1 aliphatic carbocycles. The number of hydrogen-bond donors (Lipinski definition) is 4. The monoisotopic (exact) mass is 290 g/mol. The predicted octanol–water partition coefficient (Wildman–Crippen LogP) is 1.44. The van der Waals surface area contributed by atoms with Gasteiger partial charge in [-0.15, -0.1) is 0 Å². The van der Waals surface area contributed by atoms with Crippen LogP contribution in [0.1, 0.15) is 37.0 Å². The van der Waals surface area contributed by atoms with Crippen LogP contribution in [0.2, 0.25) is 0 Å². The summed E-state index contributed by atoms with van der Waals surface area (Å²) in [4.78, 5) is 23.7. The summed E-state index contributed by atoms with van der Waals surface area (Å²) in [7, 11) is 0. The van der Waals surface area contributed by atoms with Gasteiger partial charge in [0, 0.05) is 29.4 Å². The average molecular weight is 290 g/mol. The van der Waals surface area contributed by atoms with Gasteiger partial charge in [0.1, 0.15) is 0 Å². The van der Waals surface area contributed by atoms with E-state index in [1.807, 2.05) is 13.8 Å². The fraction of sp³-hybridized carbons (Fsp3) is 0.467. The van der Waals surface area contributed by atoms with Gasteiger partial charge in [-0.2, -0.15) is 0 Å². The standard InChI is InChI=1S/C15H22N4O2/c1-15(2,16)9-17-13(20)10-4-3-5-12(8-10)19-14(21)18-11-6-7-11/h3-5,8,11H,6-7,9,16H2,1-2H3,(H,17,20)(H2,18,19,21). The van der Waals surface area contributed by atoms with Gasteiger partial charge in [-0.3, -0.25) is 4.79 Å². The number of carbonyl (C=O) groups excluding carboxylic acids is 2. The maximum Gasteiger partial charge on any atom is 0.319 e. The molecule has 1 fully saturated rings. The molecule has 0 radical (unpaired) electrons. The lowest BCUT2D eigenvalue weighted by atomic mass is 10.1. The average Bonchev–Trinajstić information content (AvgIpc) is 3.19. The second-order valence-electron chi connectivity index (χ2n) is 6.12. The summed E-state index contributed by atoms with van der Waals surface area (Å²) in [5.74, 6) is -0.209. The van der Waals surface area contributed by atoms with Crippen molar-refractivity contribution in [2.24, 2.45) is 5.73 Å². The number of nitrogens with two attached hydrogens (primary N) is 1. The Balaban J connectivity index is 1.92. The maximum atomic E-state index is 12.0. The Kier molecular flexibility index (Phi) is 4.47. The maximum absolute atomic E-state index is 12.0. The van der Waals surface area contributed by atoms with Gasteiger partial charge in [0.2, 0.25) is 0 Å². The summed E-state index contributed by atoms with van der Waals surface area (Å²) in [6.07, 6.45) is 2.06. The number of hydrogen-bond acceptors (Lipinski definition) is 3. The van der Waals surface area contributed by atoms with Crippen molar-refractivity contribution in [1.29, 1.82) is 0 Å². The summed E-state index contributed by atoms with van der Waals surface area (Å²) in [6.45, 7) is 4.06. The molecule has 1 saturated carbocycles. The smallest absolute Gasteiger partial charge is 0.319 e. The number of nitrogens with one attached hydrogen (secondary N) is 3. The zero-order chi connectivity index (χ0) is 15.5. The molecule has 21 heavy (non-hydrogen) atoms. The highest BCUT2D eigenvalue weighted by Crippen LogP contribution is 2.19. The van der Waals surface area contributed by atoms with Crippen LogP contribution in [0.25, 0.3) is 0 Å². The van der Waals surface area contributed by atoms with E-state index < -0.39 is 5.54 Å². The van der Waals surface area contributed by atoms with E-state index in [0.29, 0.717) is 23.8 Å². The second-order valence-corrected chi connectivity index (χ2v) is 6.12. The van der Waals surface area contributed by atoms with Crippen molar-refractivity contribution in [3.8, 4) is 0 Å². The van der Waals surface area contributed by atoms with Crippen LogP contribution in [0.4, 0.5) is 10.5 Å². The number of rotatable bonds is 5. The zero-order valence-corrected chi connectivity index (χ0v) is 12.4. The van der Waals surface area contributed by atoms with E-state index in [1.54, 1.807) is 24.3 Å². The molecule has 0 aromatic heterocycles. The van der Waals surface area contributed by atoms with E-state index in [1.165, 1.54) is 0 Å². The largest absolute Gasteiger partial charge is 0.350 e. The molecular weight excluding hydrogens is 268 g/mol. The molecule has 0 saturated heterocycles. The molecule has 6 heteroatoms. The third kappa shape index (κ3) is 5.43. The van der Waals surface area contributed by atoms with Crippen molar-refractivity contribution in [1.82, 2.24) is 10.6 Å². The number of benzene rings is 1. The molecule has 3 amide bonds. The Bertz CT molecular complexity index is 533. The van der Waals surface area contributed by atoms with Crippen LogP contribution < -0.4 is 21.7 Å². The summed E-state index contributed by atoms with van der Waals surface area (Å²) < 4.78 is 0. The van der Waals surface area contributed by atoms with E-state index in [2.05, 4.69) is 16.0 Å². The summed E-state index contributed by atoms with van der Waals surface area (Å²) in [6, 6.07) is 6.88. The van der Waals surface area contributed by atoms with Crippen LogP contribution >= 0.6 is 0 Å². The Morgan fingerprint density at radius 1 is 1.33 bits per heavy atom. The Hall–Kier alpha value is -2.08. The van der Waals surface area contributed by atoms with Crippen molar-refractivity contribution >= 4 is 17.6 Å². The molecule has 0 heterocycles. The van der Waals surface area contributed by atoms with Crippen molar-refractivity contribution < 1.29 is 9.59 Å². The molecule has 0 spiro atoms. The molecule has 0 atom stereocenters. The first kappa shape index (κ1) is 15.3. The van der Waals surface area contributed by atoms with Gasteiger partial charge < -0.3 is 21.7 Å². The van der Waals surface area contributed by atoms with Crippen molar-refractivity contribution in [2.45, 2.75) is 38.3 Å². The SMILES string of the molecule is CC(C)(N)CNC(=O)c1cccc(NC(=O)NC2CC2)c1. The molecule has 0 aliphatic heterocycles. The lowest BCUT2D eigenvalue weighted by molar-refractivity contribution is 0.0946. The number of amides is 3. The Morgan fingerprint density at radius 3 is 2.67 bits per heavy atom. The fourth-order valence-corrected chi connectivity index (χ4v) is 1.73. The third-order valence-corrected chi connectivity index (χ3v) is 3.00. The highest BCUT2D eigenvalue weighted by Gasteiger charge is 2.23. The quantitative estimate of drug-likeness (QED) is 0.660. The highest BCUT2D eigenvalue weighted by atomic mass is 16.2. The van der Waals surface area contributed by atoms with Crippen LogP contribution in [-0.4, -0.2) is 30.1 Å². The van der Waals surface area contributed by atoms with Gasteiger partial charge in [-0.05, 0) is 44.9 Å². The van der Waals surface area contributed by atoms with Crippen LogP contribution in [0.5, 0.6) is 0 Å². The van der Waals surface area contributed by atoms with E-state index in [-0.39, 0.29) is 11.9 Å². The van der Waals surface area contributed by atoms with Gasteiger partial charge in [0.25, 0.3) is 5.91 Å². The van der Waals surface area contributed by atoms with Gasteiger partial charge in [-0.1, -0.05) is 6.07 Å². The van der Waals surface area contributed by atoms with Crippen LogP contribution in [-0.2, 0) is 0 Å². The van der Waals surface area contributed by atoms with E-state index in [9.17, 15) is 9.59 Å². The van der Waals surface area contributed by atoms with Crippen molar-refractivity contribution in [3.63, 3.8) is 0 Å². The molecule has 0 bridgehead atoms. The molecule has 6 nitrogen and oxygen atoms in total. The summed E-state index contributed by atoms with van der Waals surface area (Å²) >= 11 is 0. The van der Waals surface area contributed by atoms with E-state index in [0.717, 1.165) is 12.8 Å². The van der Waals surface area contributed by atoms with Crippen LogP contribution in [0.15, 0.2) is 24.3 Å². The molecular formula is C15H22N4O2. The minimum Gasteiger partial charge on any atom is -0.350 e. The second kappa shape index (κ2) is 6.13. The molecule has 1 aliphatic rings. The molecule has 5 N–H and O–H groups in total. The predicted molar refractivity (Wildman–Crippen MR) is 82.2 cm³/mol. The normalized spacial score (nSPS) is 14.4. The minimum absolute atomic E-state index is 0.209. The Labute approximate surface area is 124 Å². The molecule has 1 aromatic carbocycles. The first-order chi connectivity index (χ1) is 9.83. The molecule has 0 unspecified atom stereocenters. The van der Waals surface area contributed by atoms with Gasteiger partial charge >= 0.3 is 6.03 Å². The summed E-state index contributed by atoms with van der Waals surface area (Å²) in [5, 5.41) is 8.32. The van der Waals surface area contributed by atoms with Gasteiger partial charge in [0.05, 0.1) is 0 Å². The first-order valence-electron chi connectivity index (χ1n) is 7.08. The lowest BCUT2D eigenvalue weighted by Crippen LogP contribution is -2.45. The van der Waals surface area contributed by atoms with Gasteiger partial charge in [-0.25, -0.2) is 4.79 Å². The number of anilines is 1. The van der Waals surface area contributed by atoms with Crippen molar-refractivity contribution in [3.05, 3.63) is 29.8 Å². The van der Waals surface area contributed by atoms with E-state index in [4.69, 9.17) is 5.73 Å². The van der Waals surface area contributed by atoms with Crippen LogP contribution in [0, 0.1) is 0 Å². The Morgan fingerprint density at radius 2 is 2.05 bits per heavy atom. The zero-order valence-electron chi connectivity index (χ0n) is 12.4. The van der Waals surface area contributed by atoms with Crippen molar-refractivity contribution in [2.75, 3.05) is 11.9 Å². The summed E-state index contributed by atoms with van der Waals surface area (Å²) in [5.41, 5.74) is 6.45. The third-order valence-electron chi connectivity index (χ3n) is 3.00.